The van der Waals surface area contributed by atoms with Gasteiger partial charge in [-0.2, -0.15) is 0 Å². The largest absolute Gasteiger partial charge is 0.457 e. The molecular formula is C70H82N4O10. The van der Waals surface area contributed by atoms with E-state index in [9.17, 15) is 38.4 Å². The lowest BCUT2D eigenvalue weighted by molar-refractivity contribution is -0.144. The highest BCUT2D eigenvalue weighted by molar-refractivity contribution is 6.24. The molecule has 8 fully saturated rings. The molecule has 14 heteroatoms. The van der Waals surface area contributed by atoms with Crippen LogP contribution in [0.5, 0.6) is 23.0 Å². The first-order valence-corrected chi connectivity index (χ1v) is 29.1. The van der Waals surface area contributed by atoms with Gasteiger partial charge in [-0.25, -0.2) is 0 Å². The van der Waals surface area contributed by atoms with Gasteiger partial charge in [0, 0.05) is 42.2 Å². The molecule has 16 rings (SSSR count). The molecule has 12 unspecified atom stereocenters. The average molecular weight is 1140 g/mol. The minimum absolute atomic E-state index is 0. The zero-order valence-electron chi connectivity index (χ0n) is 45.5. The molecule has 4 aromatic carbocycles. The van der Waals surface area contributed by atoms with Crippen LogP contribution in [0.1, 0.15) is 119 Å². The number of imide groups is 4. The van der Waals surface area contributed by atoms with Crippen molar-refractivity contribution in [1.29, 1.82) is 0 Å². The van der Waals surface area contributed by atoms with Gasteiger partial charge < -0.3 is 9.47 Å². The van der Waals surface area contributed by atoms with E-state index < -0.39 is 76.4 Å². The number of likely N-dealkylation sites (tertiary alicyclic amines) is 2. The van der Waals surface area contributed by atoms with Gasteiger partial charge in [0.2, 0.25) is 47.3 Å². The molecule has 4 aromatic rings. The topological polar surface area (TPSA) is 168 Å². The summed E-state index contributed by atoms with van der Waals surface area (Å²) in [5.41, 5.74) is 2.54. The van der Waals surface area contributed by atoms with Gasteiger partial charge in [-0.05, 0) is 134 Å². The summed E-state index contributed by atoms with van der Waals surface area (Å²) in [7, 11) is 1.47. The summed E-state index contributed by atoms with van der Waals surface area (Å²) in [6, 6.07) is 29.3. The first kappa shape index (κ1) is 59.7. The van der Waals surface area contributed by atoms with E-state index in [2.05, 4.69) is 20.8 Å². The van der Waals surface area contributed by atoms with Crippen LogP contribution < -0.4 is 19.3 Å². The molecule has 0 N–H and O–H groups in total. The fourth-order valence-corrected chi connectivity index (χ4v) is 16.8. The molecule has 4 aliphatic heterocycles. The smallest absolute Gasteiger partial charge is 0.238 e. The third-order valence-electron chi connectivity index (χ3n) is 21.1. The van der Waals surface area contributed by atoms with E-state index in [0.717, 1.165) is 53.5 Å². The van der Waals surface area contributed by atoms with E-state index in [1.165, 1.54) is 49.0 Å². The van der Waals surface area contributed by atoms with Crippen LogP contribution in [0.4, 0.5) is 11.4 Å². The summed E-state index contributed by atoms with van der Waals surface area (Å²) in [5, 5.41) is 0. The second-order valence-electron chi connectivity index (χ2n) is 25.5. The second-order valence-corrected chi connectivity index (χ2v) is 25.5. The molecule has 14 nitrogen and oxygen atoms in total. The molecular weight excluding hydrogens is 1060 g/mol. The van der Waals surface area contributed by atoms with E-state index in [4.69, 9.17) is 9.47 Å². The summed E-state index contributed by atoms with van der Waals surface area (Å²) >= 11 is 0. The molecule has 4 saturated heterocycles. The number of allylic oxidation sites excluding steroid dienone is 4. The van der Waals surface area contributed by atoms with Crippen LogP contribution in [0.15, 0.2) is 121 Å². The Morgan fingerprint density at radius 3 is 1.01 bits per heavy atom. The van der Waals surface area contributed by atoms with Crippen molar-refractivity contribution in [1.82, 2.24) is 9.80 Å². The zero-order chi connectivity index (χ0) is 55.2. The van der Waals surface area contributed by atoms with Gasteiger partial charge in [0.25, 0.3) is 0 Å². The van der Waals surface area contributed by atoms with E-state index in [0.29, 0.717) is 40.3 Å². The maximum absolute atomic E-state index is 14.3. The van der Waals surface area contributed by atoms with Gasteiger partial charge in [0.15, 0.2) is 0 Å². The highest BCUT2D eigenvalue weighted by Gasteiger charge is 2.70. The van der Waals surface area contributed by atoms with E-state index in [-0.39, 0.29) is 83.0 Å². The predicted molar refractivity (Wildman–Crippen MR) is 321 cm³/mol. The summed E-state index contributed by atoms with van der Waals surface area (Å²) in [5.74, 6) is -4.80. The number of anilines is 2. The van der Waals surface area contributed by atoms with Crippen LogP contribution in [0.25, 0.3) is 0 Å². The molecule has 4 saturated carbocycles. The average Bonchev–Trinajstić information content (AvgIpc) is 1.72. The fourth-order valence-electron chi connectivity index (χ4n) is 16.8. The Morgan fingerprint density at radius 2 is 0.679 bits per heavy atom. The SMILES string of the molecule is C.C.C.C.CC1CCC(CC2CCC(N3C(=O)C4C5C=CC(C6C(=O)N(c7ccc(Oc8ccc(C(C)(C)c9ccc(Oc%10ccc(N%11C(=O)C%12C%13C=CC(C%14C(=O)N(C)C(=O)C%13%14)C%12C%11=O)cc%10)cc9)cc8)cc7)C(=O)C56)C4C3=O)CC2)CC1. The van der Waals surface area contributed by atoms with Crippen molar-refractivity contribution in [2.45, 2.75) is 120 Å². The maximum Gasteiger partial charge on any atom is 0.238 e. The van der Waals surface area contributed by atoms with Crippen LogP contribution in [0, 0.1) is 88.8 Å². The van der Waals surface area contributed by atoms with Crippen molar-refractivity contribution in [3.63, 3.8) is 0 Å². The van der Waals surface area contributed by atoms with Crippen LogP contribution in [-0.4, -0.2) is 70.1 Å². The Balaban J connectivity index is 0.00000197. The third kappa shape index (κ3) is 9.09. The predicted octanol–water partition coefficient (Wildman–Crippen LogP) is 12.6. The van der Waals surface area contributed by atoms with Gasteiger partial charge >= 0.3 is 0 Å². The highest BCUT2D eigenvalue weighted by atomic mass is 16.5. The highest BCUT2D eigenvalue weighted by Crippen LogP contribution is 2.60. The van der Waals surface area contributed by atoms with Gasteiger partial charge in [-0.15, -0.1) is 0 Å². The Hall–Kier alpha value is -7.48. The summed E-state index contributed by atoms with van der Waals surface area (Å²) in [6.45, 7) is 6.62. The van der Waals surface area contributed by atoms with Crippen molar-refractivity contribution >= 4 is 58.6 Å². The molecule has 0 radical (unpaired) electrons. The van der Waals surface area contributed by atoms with Crippen LogP contribution >= 0.6 is 0 Å². The van der Waals surface area contributed by atoms with Crippen molar-refractivity contribution in [2.75, 3.05) is 16.8 Å². The third-order valence-corrected chi connectivity index (χ3v) is 21.1. The number of ether oxygens (including phenoxy) is 2. The Morgan fingerprint density at radius 1 is 0.393 bits per heavy atom. The Labute approximate surface area is 495 Å². The summed E-state index contributed by atoms with van der Waals surface area (Å²) < 4.78 is 12.5. The molecule has 8 aliphatic carbocycles. The molecule has 0 spiro atoms. The van der Waals surface area contributed by atoms with E-state index >= 15 is 0 Å². The first-order chi connectivity index (χ1) is 38.6. The summed E-state index contributed by atoms with van der Waals surface area (Å²) in [6.07, 6.45) is 17.9. The van der Waals surface area contributed by atoms with Crippen molar-refractivity contribution < 1.29 is 47.8 Å². The lowest BCUT2D eigenvalue weighted by atomic mass is 9.54. The van der Waals surface area contributed by atoms with Crippen LogP contribution in [0.2, 0.25) is 0 Å². The number of carbonyl (C=O) groups excluding carboxylic acids is 8. The molecule has 12 aliphatic rings. The first-order valence-electron chi connectivity index (χ1n) is 29.1. The lowest BCUT2D eigenvalue weighted by Gasteiger charge is -2.44. The van der Waals surface area contributed by atoms with Gasteiger partial charge in [-0.3, -0.25) is 58.0 Å². The van der Waals surface area contributed by atoms with Crippen LogP contribution in [-0.2, 0) is 43.8 Å². The lowest BCUT2D eigenvalue weighted by Crippen LogP contribution is -2.50. The normalized spacial score (nSPS) is 33.2. The molecule has 8 amide bonds. The molecule has 442 valence electrons. The Bertz CT molecular complexity index is 3230. The van der Waals surface area contributed by atoms with E-state index in [1.807, 2.05) is 72.8 Å². The number of amides is 8. The van der Waals surface area contributed by atoms with Crippen molar-refractivity contribution in [2.24, 2.45) is 88.8 Å². The van der Waals surface area contributed by atoms with Crippen molar-refractivity contribution in [3.05, 3.63) is 132 Å². The molecule has 84 heavy (non-hydrogen) atoms. The zero-order valence-corrected chi connectivity index (χ0v) is 45.5. The van der Waals surface area contributed by atoms with E-state index in [1.54, 1.807) is 53.4 Å². The van der Waals surface area contributed by atoms with Gasteiger partial charge in [0.1, 0.15) is 23.0 Å². The minimum atomic E-state index is -0.682. The number of carbonyl (C=O) groups is 8. The number of benzene rings is 4. The number of nitrogens with zero attached hydrogens (tertiary/aromatic N) is 4. The number of hydrogen-bond acceptors (Lipinski definition) is 10. The standard InChI is InChI=1S/C66H66N4O10.4CH4/c1-34-5-7-35(8-6-34)33-36-9-15-39(16-10-36)68-62(75)54-48-31-32-49(55(54)63(68)76)57-56(48)64(77)70(65(57)78)41-19-27-45(28-20-41)80-43-23-13-38(14-24-43)66(2,3)37-11-21-42(22-12-37)79-44-25-17-40(18-26-44)69-60(73)52-46-29-30-47(53(52)61(69)74)51-50(46)58(71)67(4)59(51)72;;;;/h11-14,17-32,34-36,39,46-57H,5-10,15-16,33H2,1-4H3;4*1H4. The molecule has 4 bridgehead atoms. The summed E-state index contributed by atoms with van der Waals surface area (Å²) in [4.78, 5) is 116. The van der Waals surface area contributed by atoms with Gasteiger partial charge in [-0.1, -0.05) is 125 Å². The number of hydrogen-bond donors (Lipinski definition) is 0. The molecule has 0 aromatic heterocycles. The fraction of sp³-hybridized carbons (Fsp3) is 0.486. The van der Waals surface area contributed by atoms with Gasteiger partial charge in [0.05, 0.1) is 58.7 Å². The monoisotopic (exact) mass is 1140 g/mol. The second kappa shape index (κ2) is 22.2. The number of rotatable bonds is 11. The quantitative estimate of drug-likeness (QED) is 0.104. The maximum atomic E-state index is 14.3. The minimum Gasteiger partial charge on any atom is -0.457 e. The molecule has 12 atom stereocenters. The van der Waals surface area contributed by atoms with Crippen molar-refractivity contribution in [3.8, 4) is 23.0 Å². The van der Waals surface area contributed by atoms with Crippen LogP contribution in [0.3, 0.4) is 0 Å². The Kier molecular flexibility index (Phi) is 15.8. The molecule has 4 heterocycles.